The van der Waals surface area contributed by atoms with Crippen molar-refractivity contribution in [2.75, 3.05) is 13.7 Å². The molecule has 9 heteroatoms. The molecule has 0 aliphatic heterocycles. The van der Waals surface area contributed by atoms with E-state index >= 15 is 0 Å². The van der Waals surface area contributed by atoms with Crippen LogP contribution in [0, 0.1) is 0 Å². The van der Waals surface area contributed by atoms with Gasteiger partial charge in [0.1, 0.15) is 12.4 Å². The third-order valence-corrected chi connectivity index (χ3v) is 5.85. The van der Waals surface area contributed by atoms with E-state index in [1.54, 1.807) is 18.2 Å². The van der Waals surface area contributed by atoms with Gasteiger partial charge in [0.05, 0.1) is 24.4 Å². The van der Waals surface area contributed by atoms with Crippen LogP contribution in [0.5, 0.6) is 17.2 Å². The van der Waals surface area contributed by atoms with Gasteiger partial charge < -0.3 is 14.2 Å². The van der Waals surface area contributed by atoms with E-state index in [0.717, 1.165) is 20.9 Å². The van der Waals surface area contributed by atoms with Crippen molar-refractivity contribution in [2.45, 2.75) is 20.0 Å². The van der Waals surface area contributed by atoms with Crippen LogP contribution in [0.3, 0.4) is 0 Å². The normalized spacial score (nSPS) is 10.9. The first-order valence-corrected chi connectivity index (χ1v) is 12.4. The Labute approximate surface area is 220 Å². The summed E-state index contributed by atoms with van der Waals surface area (Å²) in [5, 5.41) is 4.76. The number of benzene rings is 3. The maximum Gasteiger partial charge on any atom is 0.271 e. The molecule has 0 fully saturated rings. The molecule has 3 aromatic rings. The predicted octanol–water partition coefficient (Wildman–Crippen LogP) is 7.01. The first-order chi connectivity index (χ1) is 16.4. The first-order valence-electron chi connectivity index (χ1n) is 10.4. The molecule has 0 saturated heterocycles. The van der Waals surface area contributed by atoms with E-state index in [4.69, 9.17) is 25.8 Å². The molecule has 3 rings (SSSR count). The zero-order valence-corrected chi connectivity index (χ0v) is 22.5. The number of methoxy groups -OCH3 is 1. The monoisotopic (exact) mass is 608 g/mol. The van der Waals surface area contributed by atoms with Gasteiger partial charge in [-0.1, -0.05) is 46.6 Å². The van der Waals surface area contributed by atoms with Crippen molar-refractivity contribution >= 4 is 55.6 Å². The third-order valence-electron chi connectivity index (χ3n) is 4.57. The van der Waals surface area contributed by atoms with E-state index in [-0.39, 0.29) is 5.91 Å². The number of hydrogen-bond acceptors (Lipinski definition) is 5. The summed E-state index contributed by atoms with van der Waals surface area (Å²) in [5.41, 5.74) is 4.53. The van der Waals surface area contributed by atoms with Crippen LogP contribution in [0.1, 0.15) is 34.8 Å². The molecule has 0 unspecified atom stereocenters. The van der Waals surface area contributed by atoms with Crippen molar-refractivity contribution in [1.29, 1.82) is 0 Å². The van der Waals surface area contributed by atoms with Crippen molar-refractivity contribution in [3.8, 4) is 17.2 Å². The van der Waals surface area contributed by atoms with Crippen molar-refractivity contribution in [3.63, 3.8) is 0 Å². The second-order valence-corrected chi connectivity index (χ2v) is 9.34. The maximum absolute atomic E-state index is 12.6. The number of carbonyl (C=O) groups is 1. The minimum Gasteiger partial charge on any atom is -0.493 e. The maximum atomic E-state index is 12.6. The highest BCUT2D eigenvalue weighted by molar-refractivity contribution is 9.11. The number of amides is 1. The van der Waals surface area contributed by atoms with Crippen LogP contribution in [0.15, 0.2) is 68.6 Å². The van der Waals surface area contributed by atoms with Crippen LogP contribution < -0.4 is 19.6 Å². The molecule has 0 atom stereocenters. The molecule has 34 heavy (non-hydrogen) atoms. The molecule has 0 aromatic heterocycles. The average Bonchev–Trinajstić information content (AvgIpc) is 2.82. The molecule has 6 nitrogen and oxygen atoms in total. The van der Waals surface area contributed by atoms with Crippen molar-refractivity contribution in [1.82, 2.24) is 5.43 Å². The summed E-state index contributed by atoms with van der Waals surface area (Å²) < 4.78 is 18.6. The fourth-order valence-corrected chi connectivity index (χ4v) is 4.56. The van der Waals surface area contributed by atoms with Gasteiger partial charge in [0.2, 0.25) is 0 Å². The molecule has 0 aliphatic rings. The molecule has 3 aromatic carbocycles. The summed E-state index contributed by atoms with van der Waals surface area (Å²) in [7, 11) is 1.53. The number of ether oxygens (including phenoxy) is 3. The summed E-state index contributed by atoms with van der Waals surface area (Å²) in [6, 6.07) is 16.2. The van der Waals surface area contributed by atoms with Gasteiger partial charge in [-0.3, -0.25) is 4.79 Å². The molecule has 0 heterocycles. The predicted molar refractivity (Wildman–Crippen MR) is 141 cm³/mol. The number of hydrazone groups is 1. The molecule has 0 aliphatic carbocycles. The molecule has 0 saturated carbocycles. The SMILES string of the molecule is CCCOc1ccc(C(=O)N/N=C/c2cc(Br)cc(Br)c2OCc2cccc(Cl)c2)cc1OC. The van der Waals surface area contributed by atoms with Crippen molar-refractivity contribution in [3.05, 3.63) is 85.3 Å². The first kappa shape index (κ1) is 26.1. The molecule has 1 N–H and O–H groups in total. The second kappa shape index (κ2) is 12.8. The van der Waals surface area contributed by atoms with Crippen LogP contribution in [0.4, 0.5) is 0 Å². The molecule has 1 amide bonds. The van der Waals surface area contributed by atoms with Crippen molar-refractivity contribution < 1.29 is 19.0 Å². The molecule has 0 spiro atoms. The highest BCUT2D eigenvalue weighted by Gasteiger charge is 2.12. The van der Waals surface area contributed by atoms with Gasteiger partial charge >= 0.3 is 0 Å². The number of nitrogens with zero attached hydrogens (tertiary/aromatic N) is 1. The van der Waals surface area contributed by atoms with Crippen LogP contribution in [0.25, 0.3) is 0 Å². The summed E-state index contributed by atoms with van der Waals surface area (Å²) in [5.74, 6) is 1.27. The second-order valence-electron chi connectivity index (χ2n) is 7.14. The lowest BCUT2D eigenvalue weighted by atomic mass is 10.2. The minimum atomic E-state index is -0.382. The van der Waals surface area contributed by atoms with Gasteiger partial charge in [-0.25, -0.2) is 5.43 Å². The van der Waals surface area contributed by atoms with E-state index in [2.05, 4.69) is 42.4 Å². The van der Waals surface area contributed by atoms with Crippen LogP contribution in [0.2, 0.25) is 5.02 Å². The van der Waals surface area contributed by atoms with Gasteiger partial charge in [-0.2, -0.15) is 5.10 Å². The topological polar surface area (TPSA) is 69.2 Å². The Balaban J connectivity index is 1.73. The Bertz CT molecular complexity index is 1190. The largest absolute Gasteiger partial charge is 0.493 e. The smallest absolute Gasteiger partial charge is 0.271 e. The van der Waals surface area contributed by atoms with Gasteiger partial charge in [0.25, 0.3) is 5.91 Å². The number of hydrogen-bond donors (Lipinski definition) is 1. The Morgan fingerprint density at radius 1 is 1.09 bits per heavy atom. The molecule has 178 valence electrons. The summed E-state index contributed by atoms with van der Waals surface area (Å²) in [6.07, 6.45) is 2.40. The van der Waals surface area contributed by atoms with Crippen molar-refractivity contribution in [2.24, 2.45) is 5.10 Å². The Morgan fingerprint density at radius 3 is 2.65 bits per heavy atom. The highest BCUT2D eigenvalue weighted by atomic mass is 79.9. The van der Waals surface area contributed by atoms with Crippen LogP contribution in [-0.2, 0) is 6.61 Å². The molecular weight excluding hydrogens is 588 g/mol. The molecule has 0 bridgehead atoms. The zero-order chi connectivity index (χ0) is 24.5. The number of carbonyl (C=O) groups excluding carboxylic acids is 1. The zero-order valence-electron chi connectivity index (χ0n) is 18.6. The Morgan fingerprint density at radius 2 is 1.91 bits per heavy atom. The van der Waals surface area contributed by atoms with Crippen LogP contribution >= 0.6 is 43.5 Å². The van der Waals surface area contributed by atoms with E-state index in [0.29, 0.717) is 46.6 Å². The number of nitrogens with one attached hydrogen (secondary N) is 1. The molecular formula is C25H23Br2ClN2O4. The van der Waals surface area contributed by atoms with Gasteiger partial charge in [-0.15, -0.1) is 0 Å². The number of rotatable bonds is 10. The van der Waals surface area contributed by atoms with E-state index < -0.39 is 0 Å². The van der Waals surface area contributed by atoms with E-state index in [1.165, 1.54) is 13.3 Å². The minimum absolute atomic E-state index is 0.320. The van der Waals surface area contributed by atoms with E-state index in [1.807, 2.05) is 43.3 Å². The summed E-state index contributed by atoms with van der Waals surface area (Å²) in [6.45, 7) is 2.90. The average molecular weight is 611 g/mol. The fourth-order valence-electron chi connectivity index (χ4n) is 2.98. The Hall–Kier alpha value is -2.55. The van der Waals surface area contributed by atoms with Gasteiger partial charge in [0.15, 0.2) is 11.5 Å². The lowest BCUT2D eigenvalue weighted by Gasteiger charge is -2.12. The third kappa shape index (κ3) is 7.22. The quantitative estimate of drug-likeness (QED) is 0.198. The van der Waals surface area contributed by atoms with Gasteiger partial charge in [-0.05, 0) is 70.4 Å². The lowest BCUT2D eigenvalue weighted by Crippen LogP contribution is -2.17. The standard InChI is InChI=1S/C25H23Br2ClN2O4/c1-3-9-33-22-8-7-17(12-23(22)32-2)25(31)30-29-14-18-11-19(26)13-21(27)24(18)34-15-16-5-4-6-20(28)10-16/h4-8,10-14H,3,9,15H2,1-2H3,(H,30,31)/b29-14+. The number of halogens is 3. The Kier molecular flexibility index (Phi) is 9.80. The molecule has 0 radical (unpaired) electrons. The fraction of sp³-hybridized carbons (Fsp3) is 0.200. The lowest BCUT2D eigenvalue weighted by molar-refractivity contribution is 0.0954. The van der Waals surface area contributed by atoms with Crippen LogP contribution in [-0.4, -0.2) is 25.8 Å². The van der Waals surface area contributed by atoms with E-state index in [9.17, 15) is 4.79 Å². The highest BCUT2D eigenvalue weighted by Crippen LogP contribution is 2.33. The van der Waals surface area contributed by atoms with Gasteiger partial charge in [0, 0.05) is 20.6 Å². The summed E-state index contributed by atoms with van der Waals surface area (Å²) in [4.78, 5) is 12.6. The summed E-state index contributed by atoms with van der Waals surface area (Å²) >= 11 is 13.1.